The van der Waals surface area contributed by atoms with Crippen molar-refractivity contribution in [1.82, 2.24) is 4.98 Å². The van der Waals surface area contributed by atoms with Crippen molar-refractivity contribution >= 4 is 21.6 Å². The molecule has 0 aliphatic heterocycles. The first-order valence-corrected chi connectivity index (χ1v) is 8.71. The highest BCUT2D eigenvalue weighted by Gasteiger charge is 2.20. The van der Waals surface area contributed by atoms with Gasteiger partial charge in [0.2, 0.25) is 0 Å². The van der Waals surface area contributed by atoms with Crippen molar-refractivity contribution in [1.29, 1.82) is 5.26 Å². The predicted molar refractivity (Wildman–Crippen MR) is 102 cm³/mol. The van der Waals surface area contributed by atoms with Gasteiger partial charge in [-0.3, -0.25) is 0 Å². The Bertz CT molecular complexity index is 1090. The molecule has 2 aromatic carbocycles. The molecule has 0 atom stereocenters. The van der Waals surface area contributed by atoms with Crippen LogP contribution in [0.1, 0.15) is 5.56 Å². The highest BCUT2D eigenvalue weighted by Crippen LogP contribution is 2.40. The molecule has 3 nitrogen and oxygen atoms in total. The summed E-state index contributed by atoms with van der Waals surface area (Å²) in [5.41, 5.74) is 4.00. The Hall–Kier alpha value is -3.16. The molecule has 4 heteroatoms. The molecule has 0 N–H and O–H groups in total. The number of pyridine rings is 1. The SMILES string of the molecule is COc1ccccc1-c1nc2sccc2c(-c2ccccc2)c1C#N. The van der Waals surface area contributed by atoms with E-state index >= 15 is 0 Å². The molecule has 0 aliphatic rings. The van der Waals surface area contributed by atoms with Gasteiger partial charge in [0, 0.05) is 16.5 Å². The maximum Gasteiger partial charge on any atom is 0.128 e. The molecule has 0 unspecified atom stereocenters. The van der Waals surface area contributed by atoms with Gasteiger partial charge in [-0.1, -0.05) is 42.5 Å². The maximum absolute atomic E-state index is 9.96. The molecule has 4 aromatic rings. The second-order valence-electron chi connectivity index (χ2n) is 5.53. The zero-order chi connectivity index (χ0) is 17.2. The molecule has 2 heterocycles. The van der Waals surface area contributed by atoms with E-state index in [2.05, 4.69) is 6.07 Å². The molecular weight excluding hydrogens is 328 g/mol. The van der Waals surface area contributed by atoms with Gasteiger partial charge in [-0.15, -0.1) is 11.3 Å². The van der Waals surface area contributed by atoms with Crippen LogP contribution < -0.4 is 4.74 Å². The van der Waals surface area contributed by atoms with E-state index < -0.39 is 0 Å². The van der Waals surface area contributed by atoms with Crippen molar-refractivity contribution in [2.75, 3.05) is 7.11 Å². The van der Waals surface area contributed by atoms with Crippen LogP contribution in [0.5, 0.6) is 5.75 Å². The quantitative estimate of drug-likeness (QED) is 0.493. The predicted octanol–water partition coefficient (Wildman–Crippen LogP) is 5.51. The Balaban J connectivity index is 2.12. The van der Waals surface area contributed by atoms with Gasteiger partial charge in [0.25, 0.3) is 0 Å². The van der Waals surface area contributed by atoms with E-state index in [0.717, 1.165) is 26.9 Å². The summed E-state index contributed by atoms with van der Waals surface area (Å²) in [6, 6.07) is 22.1. The summed E-state index contributed by atoms with van der Waals surface area (Å²) in [7, 11) is 1.63. The number of ether oxygens (including phenoxy) is 1. The highest BCUT2D eigenvalue weighted by atomic mass is 32.1. The van der Waals surface area contributed by atoms with Gasteiger partial charge in [-0.05, 0) is 29.1 Å². The van der Waals surface area contributed by atoms with Crippen LogP contribution in [0, 0.1) is 11.3 Å². The molecule has 0 spiro atoms. The average molecular weight is 342 g/mol. The first-order chi connectivity index (χ1) is 12.3. The summed E-state index contributed by atoms with van der Waals surface area (Å²) in [5, 5.41) is 13.0. The second-order valence-corrected chi connectivity index (χ2v) is 6.42. The van der Waals surface area contributed by atoms with Crippen molar-refractivity contribution in [2.24, 2.45) is 0 Å². The lowest BCUT2D eigenvalue weighted by atomic mass is 9.94. The number of para-hydroxylation sites is 1. The molecule has 0 radical (unpaired) electrons. The smallest absolute Gasteiger partial charge is 0.128 e. The summed E-state index contributed by atoms with van der Waals surface area (Å²) >= 11 is 1.58. The zero-order valence-corrected chi connectivity index (χ0v) is 14.4. The van der Waals surface area contributed by atoms with Crippen LogP contribution in [-0.2, 0) is 0 Å². The molecule has 4 rings (SSSR count). The van der Waals surface area contributed by atoms with Gasteiger partial charge < -0.3 is 4.74 Å². The van der Waals surface area contributed by atoms with E-state index in [4.69, 9.17) is 9.72 Å². The normalized spacial score (nSPS) is 10.6. The molecule has 0 saturated heterocycles. The Morgan fingerprint density at radius 2 is 1.76 bits per heavy atom. The fourth-order valence-electron chi connectivity index (χ4n) is 3.04. The summed E-state index contributed by atoms with van der Waals surface area (Å²) < 4.78 is 5.49. The Labute approximate surface area is 149 Å². The third-order valence-corrected chi connectivity index (χ3v) is 4.96. The lowest BCUT2D eigenvalue weighted by molar-refractivity contribution is 0.416. The summed E-state index contributed by atoms with van der Waals surface area (Å²) in [4.78, 5) is 5.70. The Kier molecular flexibility index (Phi) is 3.93. The molecule has 0 fully saturated rings. The fraction of sp³-hybridized carbons (Fsp3) is 0.0476. The second kappa shape index (κ2) is 6.39. The molecule has 0 amide bonds. The van der Waals surface area contributed by atoms with Gasteiger partial charge >= 0.3 is 0 Å². The van der Waals surface area contributed by atoms with E-state index in [1.54, 1.807) is 18.4 Å². The minimum absolute atomic E-state index is 0.571. The Morgan fingerprint density at radius 3 is 2.52 bits per heavy atom. The number of fused-ring (bicyclic) bond motifs is 1. The molecule has 0 aliphatic carbocycles. The van der Waals surface area contributed by atoms with E-state index in [1.807, 2.05) is 66.0 Å². The number of nitriles is 1. The number of nitrogens with zero attached hydrogens (tertiary/aromatic N) is 2. The van der Waals surface area contributed by atoms with Crippen molar-refractivity contribution in [2.45, 2.75) is 0 Å². The maximum atomic E-state index is 9.96. The van der Waals surface area contributed by atoms with Crippen LogP contribution in [0.2, 0.25) is 0 Å². The molecule has 120 valence electrons. The largest absolute Gasteiger partial charge is 0.496 e. The number of rotatable bonds is 3. The van der Waals surface area contributed by atoms with Crippen LogP contribution in [0.3, 0.4) is 0 Å². The summed E-state index contributed by atoms with van der Waals surface area (Å²) in [6.07, 6.45) is 0. The van der Waals surface area contributed by atoms with E-state index in [0.29, 0.717) is 17.0 Å². The van der Waals surface area contributed by atoms with Gasteiger partial charge in [0.15, 0.2) is 0 Å². The highest BCUT2D eigenvalue weighted by molar-refractivity contribution is 7.16. The van der Waals surface area contributed by atoms with Gasteiger partial charge in [-0.25, -0.2) is 4.98 Å². The third kappa shape index (κ3) is 2.55. The summed E-state index contributed by atoms with van der Waals surface area (Å²) in [5.74, 6) is 0.710. The van der Waals surface area contributed by atoms with Gasteiger partial charge in [-0.2, -0.15) is 5.26 Å². The summed E-state index contributed by atoms with van der Waals surface area (Å²) in [6.45, 7) is 0. The van der Waals surface area contributed by atoms with Crippen molar-refractivity contribution < 1.29 is 4.74 Å². The van der Waals surface area contributed by atoms with Gasteiger partial charge in [0.05, 0.1) is 18.4 Å². The lowest BCUT2D eigenvalue weighted by Gasteiger charge is -2.13. The topological polar surface area (TPSA) is 45.9 Å². The number of benzene rings is 2. The van der Waals surface area contributed by atoms with Crippen molar-refractivity contribution in [3.63, 3.8) is 0 Å². The Morgan fingerprint density at radius 1 is 1.00 bits per heavy atom. The number of aromatic nitrogens is 1. The zero-order valence-electron chi connectivity index (χ0n) is 13.6. The minimum atomic E-state index is 0.571. The monoisotopic (exact) mass is 342 g/mol. The van der Waals surface area contributed by atoms with E-state index in [1.165, 1.54) is 0 Å². The number of hydrogen-bond acceptors (Lipinski definition) is 4. The lowest BCUT2D eigenvalue weighted by Crippen LogP contribution is -1.96. The molecule has 25 heavy (non-hydrogen) atoms. The number of thiophene rings is 1. The third-order valence-electron chi connectivity index (χ3n) is 4.15. The first-order valence-electron chi connectivity index (χ1n) is 7.83. The number of methoxy groups -OCH3 is 1. The standard InChI is InChI=1S/C21H14N2OS/c1-24-18-10-6-5-9-15(18)20-17(13-22)19(14-7-3-2-4-8-14)16-11-12-25-21(16)23-20/h2-12H,1H3. The van der Waals surface area contributed by atoms with Crippen molar-refractivity contribution in [3.05, 3.63) is 71.6 Å². The fourth-order valence-corrected chi connectivity index (χ4v) is 3.81. The first kappa shape index (κ1) is 15.4. The molecule has 2 aromatic heterocycles. The van der Waals surface area contributed by atoms with Gasteiger partial charge in [0.1, 0.15) is 16.6 Å². The molecule has 0 saturated carbocycles. The minimum Gasteiger partial charge on any atom is -0.496 e. The average Bonchev–Trinajstić information content (AvgIpc) is 3.15. The van der Waals surface area contributed by atoms with Crippen LogP contribution in [0.15, 0.2) is 66.0 Å². The van der Waals surface area contributed by atoms with Crippen LogP contribution in [0.4, 0.5) is 0 Å². The van der Waals surface area contributed by atoms with Crippen LogP contribution in [0.25, 0.3) is 32.6 Å². The van der Waals surface area contributed by atoms with Crippen LogP contribution in [-0.4, -0.2) is 12.1 Å². The van der Waals surface area contributed by atoms with Crippen LogP contribution >= 0.6 is 11.3 Å². The molecule has 0 bridgehead atoms. The van der Waals surface area contributed by atoms with Crippen molar-refractivity contribution in [3.8, 4) is 34.2 Å². The van der Waals surface area contributed by atoms with E-state index in [-0.39, 0.29) is 0 Å². The van der Waals surface area contributed by atoms with E-state index in [9.17, 15) is 5.26 Å². The molecular formula is C21H14N2OS. The number of hydrogen-bond donors (Lipinski definition) is 0.